The first-order chi connectivity index (χ1) is 14.4. The van der Waals surface area contributed by atoms with Gasteiger partial charge in [0, 0.05) is 5.56 Å². The number of esters is 2. The summed E-state index contributed by atoms with van der Waals surface area (Å²) in [4.78, 5) is 50.3. The number of carbonyl (C=O) groups is 4. The summed E-state index contributed by atoms with van der Waals surface area (Å²) in [6.07, 6.45) is -0.578. The van der Waals surface area contributed by atoms with Crippen molar-refractivity contribution < 1.29 is 33.8 Å². The van der Waals surface area contributed by atoms with Gasteiger partial charge in [0.15, 0.2) is 0 Å². The molecule has 1 fully saturated rings. The second-order valence-electron chi connectivity index (χ2n) is 8.75. The summed E-state index contributed by atoms with van der Waals surface area (Å²) in [6.45, 7) is 5.93. The molecule has 0 unspecified atom stereocenters. The number of hydrogen-bond acceptors (Lipinski definition) is 7. The lowest BCUT2D eigenvalue weighted by atomic mass is 9.82. The molecule has 9 nitrogen and oxygen atoms in total. The van der Waals surface area contributed by atoms with E-state index in [4.69, 9.17) is 15.2 Å². The van der Waals surface area contributed by atoms with E-state index in [-0.39, 0.29) is 17.2 Å². The van der Waals surface area contributed by atoms with Gasteiger partial charge in [-0.15, -0.1) is 0 Å². The van der Waals surface area contributed by atoms with Gasteiger partial charge in [0.2, 0.25) is 18.6 Å². The van der Waals surface area contributed by atoms with E-state index in [0.29, 0.717) is 17.6 Å². The van der Waals surface area contributed by atoms with E-state index in [1.165, 1.54) is 17.9 Å². The van der Waals surface area contributed by atoms with Crippen molar-refractivity contribution in [3.05, 3.63) is 41.1 Å². The van der Waals surface area contributed by atoms with Crippen LogP contribution in [0.3, 0.4) is 0 Å². The lowest BCUT2D eigenvalue weighted by molar-refractivity contribution is -0.175. The summed E-state index contributed by atoms with van der Waals surface area (Å²) in [5, 5.41) is 9.97. The van der Waals surface area contributed by atoms with Gasteiger partial charge in [0.05, 0.1) is 23.5 Å². The third-order valence-corrected chi connectivity index (χ3v) is 5.41. The molecule has 0 aromatic heterocycles. The molecule has 2 aliphatic rings. The maximum atomic E-state index is 12.9. The van der Waals surface area contributed by atoms with Crippen LogP contribution < -0.4 is 5.73 Å². The number of aliphatic hydroxyl groups excluding tert-OH is 1. The van der Waals surface area contributed by atoms with Crippen LogP contribution in [0.25, 0.3) is 5.57 Å². The topological polar surface area (TPSA) is 136 Å². The Hall–Kier alpha value is -3.20. The Morgan fingerprint density at radius 3 is 2.52 bits per heavy atom. The first-order valence-electron chi connectivity index (χ1n) is 9.92. The minimum atomic E-state index is -0.880. The molecule has 0 aliphatic carbocycles. The molecule has 0 spiro atoms. The molecule has 2 aliphatic heterocycles. The number of fused-ring (bicyclic) bond motifs is 1. The van der Waals surface area contributed by atoms with E-state index in [9.17, 15) is 24.3 Å². The zero-order chi connectivity index (χ0) is 23.1. The second kappa shape index (κ2) is 8.14. The van der Waals surface area contributed by atoms with Crippen molar-refractivity contribution >= 4 is 29.3 Å². The average molecular weight is 430 g/mol. The molecule has 3 N–H and O–H groups in total. The number of nitrogens with zero attached hydrogens (tertiary/aromatic N) is 1. The van der Waals surface area contributed by atoms with Crippen LogP contribution in [0.15, 0.2) is 30.0 Å². The highest BCUT2D eigenvalue weighted by molar-refractivity contribution is 6.07. The Bertz CT molecular complexity index is 974. The SMILES string of the molecule is C[C@@H](O)[C@H]1C(=O)N2C(C(=O)OCOC(=O)C(C)(C)C)=C(c3cccc(C(N)=O)c3)C[C@H]12. The summed E-state index contributed by atoms with van der Waals surface area (Å²) in [6, 6.07) is 6.00. The number of ether oxygens (including phenoxy) is 2. The number of rotatable bonds is 6. The number of hydrogen-bond donors (Lipinski definition) is 2. The number of nitrogens with two attached hydrogens (primary N) is 1. The van der Waals surface area contributed by atoms with Crippen molar-refractivity contribution in [2.75, 3.05) is 6.79 Å². The fourth-order valence-corrected chi connectivity index (χ4v) is 3.80. The van der Waals surface area contributed by atoms with Crippen molar-refractivity contribution in [1.29, 1.82) is 0 Å². The summed E-state index contributed by atoms with van der Waals surface area (Å²) in [5.74, 6) is -3.03. The molecule has 166 valence electrons. The Labute approximate surface area is 179 Å². The van der Waals surface area contributed by atoms with Gasteiger partial charge in [-0.25, -0.2) is 4.79 Å². The van der Waals surface area contributed by atoms with E-state index in [0.717, 1.165) is 0 Å². The molecule has 3 rings (SSSR count). The maximum Gasteiger partial charge on any atom is 0.358 e. The van der Waals surface area contributed by atoms with E-state index in [1.54, 1.807) is 39.0 Å². The minimum Gasteiger partial charge on any atom is -0.427 e. The highest BCUT2D eigenvalue weighted by Gasteiger charge is 2.57. The van der Waals surface area contributed by atoms with Gasteiger partial charge in [-0.1, -0.05) is 12.1 Å². The first-order valence-corrected chi connectivity index (χ1v) is 9.92. The smallest absolute Gasteiger partial charge is 0.358 e. The predicted octanol–water partition coefficient (Wildman–Crippen LogP) is 1.20. The molecule has 0 radical (unpaired) electrons. The molecule has 1 aromatic rings. The second-order valence-corrected chi connectivity index (χ2v) is 8.75. The van der Waals surface area contributed by atoms with Gasteiger partial charge in [0.25, 0.3) is 0 Å². The number of aliphatic hydroxyl groups is 1. The lowest BCUT2D eigenvalue weighted by Crippen LogP contribution is -2.61. The number of primary amides is 1. The molecule has 31 heavy (non-hydrogen) atoms. The normalized spacial score (nSPS) is 21.3. The lowest BCUT2D eigenvalue weighted by Gasteiger charge is -2.44. The Balaban J connectivity index is 1.90. The third-order valence-electron chi connectivity index (χ3n) is 5.41. The van der Waals surface area contributed by atoms with Crippen molar-refractivity contribution in [3.8, 4) is 0 Å². The van der Waals surface area contributed by atoms with Crippen molar-refractivity contribution in [2.24, 2.45) is 17.1 Å². The molecule has 3 atom stereocenters. The van der Waals surface area contributed by atoms with Crippen LogP contribution in [-0.4, -0.2) is 52.7 Å². The van der Waals surface area contributed by atoms with Crippen LogP contribution in [0.2, 0.25) is 0 Å². The van der Waals surface area contributed by atoms with Crippen LogP contribution in [0.5, 0.6) is 0 Å². The number of β-lactam (4-membered cyclic amide) rings is 1. The van der Waals surface area contributed by atoms with Crippen LogP contribution in [0, 0.1) is 11.3 Å². The molecule has 0 bridgehead atoms. The standard InChI is InChI=1S/C22H26N2O7/c1-11(25)16-15-9-14(12-6-5-7-13(8-12)18(23)26)17(24(15)19(16)27)20(28)30-10-31-21(29)22(2,3)4/h5-8,11,15-16,25H,9-10H2,1-4H3,(H2,23,26)/t11-,15-,16-/m1/s1. The van der Waals surface area contributed by atoms with Crippen LogP contribution in [-0.2, 0) is 23.9 Å². The van der Waals surface area contributed by atoms with Crippen molar-refractivity contribution in [3.63, 3.8) is 0 Å². The molecular weight excluding hydrogens is 404 g/mol. The minimum absolute atomic E-state index is 0.0142. The highest BCUT2D eigenvalue weighted by Crippen LogP contribution is 2.47. The summed E-state index contributed by atoms with van der Waals surface area (Å²) in [5.41, 5.74) is 5.91. The van der Waals surface area contributed by atoms with E-state index >= 15 is 0 Å². The Morgan fingerprint density at radius 1 is 1.26 bits per heavy atom. The zero-order valence-electron chi connectivity index (χ0n) is 17.9. The summed E-state index contributed by atoms with van der Waals surface area (Å²) in [7, 11) is 0. The van der Waals surface area contributed by atoms with Gasteiger partial charge in [-0.05, 0) is 57.4 Å². The fraction of sp³-hybridized carbons (Fsp3) is 0.455. The number of carbonyl (C=O) groups excluding carboxylic acids is 4. The zero-order valence-corrected chi connectivity index (χ0v) is 17.9. The Kier molecular flexibility index (Phi) is 5.91. The summed E-state index contributed by atoms with van der Waals surface area (Å²) < 4.78 is 10.1. The van der Waals surface area contributed by atoms with Gasteiger partial charge >= 0.3 is 11.9 Å². The fourth-order valence-electron chi connectivity index (χ4n) is 3.80. The van der Waals surface area contributed by atoms with Crippen molar-refractivity contribution in [1.82, 2.24) is 4.90 Å². The quantitative estimate of drug-likeness (QED) is 0.393. The Morgan fingerprint density at radius 2 is 1.94 bits per heavy atom. The van der Waals surface area contributed by atoms with Crippen LogP contribution >= 0.6 is 0 Å². The van der Waals surface area contributed by atoms with Gasteiger partial charge in [0.1, 0.15) is 5.70 Å². The summed E-state index contributed by atoms with van der Waals surface area (Å²) >= 11 is 0. The molecule has 2 heterocycles. The van der Waals surface area contributed by atoms with E-state index in [2.05, 4.69) is 0 Å². The monoisotopic (exact) mass is 430 g/mol. The largest absolute Gasteiger partial charge is 0.427 e. The molecule has 1 saturated heterocycles. The number of benzene rings is 1. The maximum absolute atomic E-state index is 12.9. The molecule has 2 amide bonds. The third kappa shape index (κ3) is 4.18. The van der Waals surface area contributed by atoms with Crippen LogP contribution in [0.4, 0.5) is 0 Å². The van der Waals surface area contributed by atoms with Gasteiger partial charge < -0.3 is 25.2 Å². The van der Waals surface area contributed by atoms with E-state index in [1.807, 2.05) is 0 Å². The number of amides is 2. The average Bonchev–Trinajstić information content (AvgIpc) is 3.01. The molecule has 1 aromatic carbocycles. The van der Waals surface area contributed by atoms with E-state index < -0.39 is 48.1 Å². The predicted molar refractivity (Wildman–Crippen MR) is 109 cm³/mol. The molecule has 0 saturated carbocycles. The van der Waals surface area contributed by atoms with Gasteiger partial charge in [-0.2, -0.15) is 0 Å². The van der Waals surface area contributed by atoms with Crippen molar-refractivity contribution in [2.45, 2.75) is 46.3 Å². The van der Waals surface area contributed by atoms with Gasteiger partial charge in [-0.3, -0.25) is 14.4 Å². The molecule has 9 heteroatoms. The van der Waals surface area contributed by atoms with Crippen LogP contribution in [0.1, 0.15) is 50.0 Å². The first kappa shape index (κ1) is 22.5. The molecular formula is C22H26N2O7. The highest BCUT2D eigenvalue weighted by atomic mass is 16.7.